The Labute approximate surface area is 138 Å². The molecule has 0 unspecified atom stereocenters. The molecule has 0 bridgehead atoms. The summed E-state index contributed by atoms with van der Waals surface area (Å²) in [7, 11) is 0. The van der Waals surface area contributed by atoms with Crippen LogP contribution in [0.1, 0.15) is 38.3 Å². The molecule has 116 valence electrons. The van der Waals surface area contributed by atoms with Gasteiger partial charge >= 0.3 is 0 Å². The van der Waals surface area contributed by atoms with E-state index < -0.39 is 0 Å². The predicted octanol–water partition coefficient (Wildman–Crippen LogP) is 6.50. The van der Waals surface area contributed by atoms with E-state index in [2.05, 4.69) is 79.7 Å². The number of rotatable bonds is 6. The zero-order chi connectivity index (χ0) is 15.9. The number of nitrogens with zero attached hydrogens (tertiary/aromatic N) is 1. The largest absolute Gasteiger partial charge is 0.248 e. The SMILES string of the molecule is CCCCCC=Cc1cc(-c2ccccc2)c2ccccc2n1. The van der Waals surface area contributed by atoms with Crippen molar-refractivity contribution in [1.82, 2.24) is 4.98 Å². The van der Waals surface area contributed by atoms with E-state index in [-0.39, 0.29) is 0 Å². The van der Waals surface area contributed by atoms with E-state index in [1.807, 2.05) is 0 Å². The van der Waals surface area contributed by atoms with Crippen molar-refractivity contribution in [2.75, 3.05) is 0 Å². The molecule has 0 aliphatic rings. The summed E-state index contributed by atoms with van der Waals surface area (Å²) < 4.78 is 0. The molecule has 1 aromatic heterocycles. The van der Waals surface area contributed by atoms with E-state index in [0.29, 0.717) is 0 Å². The van der Waals surface area contributed by atoms with Crippen molar-refractivity contribution >= 4 is 17.0 Å². The van der Waals surface area contributed by atoms with E-state index in [1.165, 1.54) is 35.8 Å². The predicted molar refractivity (Wildman–Crippen MR) is 100 cm³/mol. The lowest BCUT2D eigenvalue weighted by Gasteiger charge is -2.08. The second-order valence-electron chi connectivity index (χ2n) is 5.88. The average Bonchev–Trinajstić information content (AvgIpc) is 2.61. The standard InChI is InChI=1S/C22H23N/c1-2-3-4-5-9-14-19-17-21(18-12-7-6-8-13-18)20-15-10-11-16-22(20)23-19/h6-17H,2-5H2,1H3. The summed E-state index contributed by atoms with van der Waals surface area (Å²) in [5, 5.41) is 1.21. The molecule has 1 nitrogen and oxygen atoms in total. The Hall–Kier alpha value is -2.41. The van der Waals surface area contributed by atoms with Gasteiger partial charge in [0.25, 0.3) is 0 Å². The molecule has 3 aromatic rings. The number of unbranched alkanes of at least 4 members (excludes halogenated alkanes) is 3. The Balaban J connectivity index is 1.97. The Morgan fingerprint density at radius 1 is 0.913 bits per heavy atom. The molecule has 0 aliphatic carbocycles. The summed E-state index contributed by atoms with van der Waals surface area (Å²) in [5.74, 6) is 0. The zero-order valence-corrected chi connectivity index (χ0v) is 13.7. The van der Waals surface area contributed by atoms with Crippen LogP contribution in [0.15, 0.2) is 66.7 Å². The van der Waals surface area contributed by atoms with E-state index in [0.717, 1.165) is 17.6 Å². The summed E-state index contributed by atoms with van der Waals surface area (Å²) in [6.45, 7) is 2.24. The molecule has 23 heavy (non-hydrogen) atoms. The van der Waals surface area contributed by atoms with E-state index in [1.54, 1.807) is 0 Å². The fourth-order valence-corrected chi connectivity index (χ4v) is 2.85. The molecule has 0 saturated carbocycles. The number of fused-ring (bicyclic) bond motifs is 1. The van der Waals surface area contributed by atoms with Gasteiger partial charge in [-0.25, -0.2) is 4.98 Å². The minimum Gasteiger partial charge on any atom is -0.248 e. The lowest BCUT2D eigenvalue weighted by Crippen LogP contribution is -1.88. The number of aromatic nitrogens is 1. The molecule has 0 N–H and O–H groups in total. The van der Waals surface area contributed by atoms with Crippen LogP contribution >= 0.6 is 0 Å². The third-order valence-corrected chi connectivity index (χ3v) is 4.08. The highest BCUT2D eigenvalue weighted by Gasteiger charge is 2.06. The number of hydrogen-bond donors (Lipinski definition) is 0. The number of allylic oxidation sites excluding steroid dienone is 1. The van der Waals surface area contributed by atoms with Gasteiger partial charge in [0.2, 0.25) is 0 Å². The monoisotopic (exact) mass is 301 g/mol. The van der Waals surface area contributed by atoms with Crippen molar-refractivity contribution in [3.8, 4) is 11.1 Å². The molecular formula is C22H23N. The molecule has 0 spiro atoms. The molecule has 0 saturated heterocycles. The van der Waals surface area contributed by atoms with Gasteiger partial charge in [0, 0.05) is 5.39 Å². The van der Waals surface area contributed by atoms with Gasteiger partial charge in [-0.05, 0) is 42.2 Å². The maximum atomic E-state index is 4.79. The highest BCUT2D eigenvalue weighted by molar-refractivity contribution is 5.95. The maximum Gasteiger partial charge on any atom is 0.0715 e. The quantitative estimate of drug-likeness (QED) is 0.474. The Bertz CT molecular complexity index is 787. The summed E-state index contributed by atoms with van der Waals surface area (Å²) in [6.07, 6.45) is 9.36. The molecule has 0 fully saturated rings. The van der Waals surface area contributed by atoms with Gasteiger partial charge in [0.15, 0.2) is 0 Å². The van der Waals surface area contributed by atoms with Gasteiger partial charge in [-0.3, -0.25) is 0 Å². The second-order valence-corrected chi connectivity index (χ2v) is 5.88. The first kappa shape index (κ1) is 15.5. The van der Waals surface area contributed by atoms with Crippen LogP contribution in [0, 0.1) is 0 Å². The third kappa shape index (κ3) is 3.87. The Morgan fingerprint density at radius 2 is 1.70 bits per heavy atom. The average molecular weight is 301 g/mol. The topological polar surface area (TPSA) is 12.9 Å². The number of benzene rings is 2. The minimum absolute atomic E-state index is 1.04. The Morgan fingerprint density at radius 3 is 2.52 bits per heavy atom. The van der Waals surface area contributed by atoms with Crippen LogP contribution < -0.4 is 0 Å². The molecule has 1 heteroatoms. The lowest BCUT2D eigenvalue weighted by atomic mass is 10.00. The molecule has 0 amide bonds. The van der Waals surface area contributed by atoms with Crippen LogP contribution in [-0.2, 0) is 0 Å². The molecular weight excluding hydrogens is 278 g/mol. The first-order valence-electron chi connectivity index (χ1n) is 8.50. The smallest absolute Gasteiger partial charge is 0.0715 e. The maximum absolute atomic E-state index is 4.79. The molecule has 0 radical (unpaired) electrons. The van der Waals surface area contributed by atoms with Crippen molar-refractivity contribution in [2.45, 2.75) is 32.6 Å². The number of para-hydroxylation sites is 1. The summed E-state index contributed by atoms with van der Waals surface area (Å²) >= 11 is 0. The van der Waals surface area contributed by atoms with Crippen LogP contribution in [0.5, 0.6) is 0 Å². The minimum atomic E-state index is 1.04. The zero-order valence-electron chi connectivity index (χ0n) is 13.7. The Kier molecular flexibility index (Phi) is 5.21. The van der Waals surface area contributed by atoms with Gasteiger partial charge in [-0.1, -0.05) is 74.4 Å². The van der Waals surface area contributed by atoms with Crippen molar-refractivity contribution in [1.29, 1.82) is 0 Å². The van der Waals surface area contributed by atoms with E-state index >= 15 is 0 Å². The van der Waals surface area contributed by atoms with Gasteiger partial charge < -0.3 is 0 Å². The van der Waals surface area contributed by atoms with Gasteiger partial charge in [0.1, 0.15) is 0 Å². The lowest BCUT2D eigenvalue weighted by molar-refractivity contribution is 0.730. The van der Waals surface area contributed by atoms with E-state index in [4.69, 9.17) is 4.98 Å². The van der Waals surface area contributed by atoms with Crippen molar-refractivity contribution in [2.24, 2.45) is 0 Å². The van der Waals surface area contributed by atoms with Crippen LogP contribution in [0.3, 0.4) is 0 Å². The fourth-order valence-electron chi connectivity index (χ4n) is 2.85. The van der Waals surface area contributed by atoms with Crippen LogP contribution in [-0.4, -0.2) is 4.98 Å². The number of pyridine rings is 1. The second kappa shape index (κ2) is 7.73. The van der Waals surface area contributed by atoms with Crippen molar-refractivity contribution in [3.05, 3.63) is 72.4 Å². The van der Waals surface area contributed by atoms with Crippen LogP contribution in [0.4, 0.5) is 0 Å². The third-order valence-electron chi connectivity index (χ3n) is 4.08. The molecule has 0 aliphatic heterocycles. The molecule has 1 heterocycles. The summed E-state index contributed by atoms with van der Waals surface area (Å²) in [4.78, 5) is 4.79. The number of hydrogen-bond acceptors (Lipinski definition) is 1. The van der Waals surface area contributed by atoms with Crippen molar-refractivity contribution in [3.63, 3.8) is 0 Å². The van der Waals surface area contributed by atoms with Gasteiger partial charge in [-0.15, -0.1) is 0 Å². The first-order valence-corrected chi connectivity index (χ1v) is 8.50. The first-order chi connectivity index (χ1) is 11.4. The highest BCUT2D eigenvalue weighted by Crippen LogP contribution is 2.28. The van der Waals surface area contributed by atoms with Crippen LogP contribution in [0.25, 0.3) is 28.1 Å². The van der Waals surface area contributed by atoms with E-state index in [9.17, 15) is 0 Å². The molecule has 0 atom stereocenters. The van der Waals surface area contributed by atoms with Crippen LogP contribution in [0.2, 0.25) is 0 Å². The summed E-state index contributed by atoms with van der Waals surface area (Å²) in [5.41, 5.74) is 4.59. The fraction of sp³-hybridized carbons (Fsp3) is 0.227. The van der Waals surface area contributed by atoms with Gasteiger partial charge in [0.05, 0.1) is 11.2 Å². The molecule has 3 rings (SSSR count). The van der Waals surface area contributed by atoms with Gasteiger partial charge in [-0.2, -0.15) is 0 Å². The highest BCUT2D eigenvalue weighted by atomic mass is 14.7. The summed E-state index contributed by atoms with van der Waals surface area (Å²) in [6, 6.07) is 21.1. The normalized spacial score (nSPS) is 11.3. The van der Waals surface area contributed by atoms with Crippen molar-refractivity contribution < 1.29 is 0 Å². The molecule has 2 aromatic carbocycles.